The molecule has 1 aliphatic heterocycles. The molecule has 0 saturated carbocycles. The van der Waals surface area contributed by atoms with Gasteiger partial charge in [0.15, 0.2) is 0 Å². The minimum atomic E-state index is -4.33. The standard InChI is InChI=1S/C13H15F3N2O2/c1-12(2)9(13(14,15)16)5-6-18(12)11(20)8-3-4-10(19)17-7-8/h3-4,7,9H,5-6H2,1-2H3,(H,17,19). The zero-order valence-electron chi connectivity index (χ0n) is 11.1. The van der Waals surface area contributed by atoms with Crippen molar-refractivity contribution in [1.29, 1.82) is 0 Å². The first-order valence-corrected chi connectivity index (χ1v) is 6.21. The van der Waals surface area contributed by atoms with Gasteiger partial charge in [0, 0.05) is 24.3 Å². The summed E-state index contributed by atoms with van der Waals surface area (Å²) in [4.78, 5) is 26.8. The molecule has 0 bridgehead atoms. The van der Waals surface area contributed by atoms with E-state index in [4.69, 9.17) is 0 Å². The Balaban J connectivity index is 2.28. The van der Waals surface area contributed by atoms with Crippen molar-refractivity contribution in [3.8, 4) is 0 Å². The summed E-state index contributed by atoms with van der Waals surface area (Å²) in [6.45, 7) is 2.89. The van der Waals surface area contributed by atoms with Crippen LogP contribution >= 0.6 is 0 Å². The monoisotopic (exact) mass is 288 g/mol. The fourth-order valence-corrected chi connectivity index (χ4v) is 2.71. The Bertz CT molecular complexity index is 557. The van der Waals surface area contributed by atoms with E-state index < -0.39 is 23.5 Å². The second-order valence-electron chi connectivity index (χ2n) is 5.43. The van der Waals surface area contributed by atoms with Crippen molar-refractivity contribution < 1.29 is 18.0 Å². The minimum absolute atomic E-state index is 0.0507. The van der Waals surface area contributed by atoms with E-state index in [0.717, 1.165) is 0 Å². The van der Waals surface area contributed by atoms with E-state index in [2.05, 4.69) is 4.98 Å². The third-order valence-electron chi connectivity index (χ3n) is 3.86. The summed E-state index contributed by atoms with van der Waals surface area (Å²) in [5, 5.41) is 0. The topological polar surface area (TPSA) is 53.2 Å². The number of alkyl halides is 3. The van der Waals surface area contributed by atoms with Gasteiger partial charge in [0.2, 0.25) is 5.56 Å². The molecule has 4 nitrogen and oxygen atoms in total. The van der Waals surface area contributed by atoms with Crippen LogP contribution in [-0.4, -0.2) is 34.1 Å². The number of hydrogen-bond donors (Lipinski definition) is 1. The number of aromatic amines is 1. The lowest BCUT2D eigenvalue weighted by Gasteiger charge is -2.36. The van der Waals surface area contributed by atoms with Crippen LogP contribution < -0.4 is 5.56 Å². The second kappa shape index (κ2) is 4.64. The van der Waals surface area contributed by atoms with E-state index in [0.29, 0.717) is 0 Å². The molecule has 1 aromatic heterocycles. The third-order valence-corrected chi connectivity index (χ3v) is 3.86. The van der Waals surface area contributed by atoms with Crippen LogP contribution in [0, 0.1) is 5.92 Å². The first kappa shape index (κ1) is 14.6. The highest BCUT2D eigenvalue weighted by Gasteiger charge is 2.56. The van der Waals surface area contributed by atoms with Gasteiger partial charge in [-0.15, -0.1) is 0 Å². The Kier molecular flexibility index (Phi) is 3.39. The van der Waals surface area contributed by atoms with Gasteiger partial charge in [-0.05, 0) is 26.3 Å². The maximum Gasteiger partial charge on any atom is 0.394 e. The van der Waals surface area contributed by atoms with Crippen LogP contribution in [0.5, 0.6) is 0 Å². The van der Waals surface area contributed by atoms with Crippen LogP contribution in [0.3, 0.4) is 0 Å². The van der Waals surface area contributed by atoms with Gasteiger partial charge in [-0.2, -0.15) is 13.2 Å². The Labute approximate surface area is 113 Å². The summed E-state index contributed by atoms with van der Waals surface area (Å²) in [5.74, 6) is -2.04. The lowest BCUT2D eigenvalue weighted by Crippen LogP contribution is -2.49. The molecule has 0 radical (unpaired) electrons. The summed E-state index contributed by atoms with van der Waals surface area (Å²) in [7, 11) is 0. The van der Waals surface area contributed by atoms with Gasteiger partial charge >= 0.3 is 6.18 Å². The number of H-pyrrole nitrogens is 1. The fourth-order valence-electron chi connectivity index (χ4n) is 2.71. The number of pyridine rings is 1. The molecule has 1 atom stereocenters. The molecule has 0 spiro atoms. The largest absolute Gasteiger partial charge is 0.394 e. The van der Waals surface area contributed by atoms with Crippen molar-refractivity contribution in [1.82, 2.24) is 9.88 Å². The zero-order chi connectivity index (χ0) is 15.1. The molecule has 7 heteroatoms. The number of hydrogen-bond acceptors (Lipinski definition) is 2. The number of nitrogens with one attached hydrogen (secondary N) is 1. The van der Waals surface area contributed by atoms with E-state index in [1.54, 1.807) is 0 Å². The van der Waals surface area contributed by atoms with Gasteiger partial charge in [-0.25, -0.2) is 0 Å². The molecule has 1 amide bonds. The molecule has 1 saturated heterocycles. The molecule has 1 aliphatic rings. The normalized spacial score (nSPS) is 22.1. The molecule has 2 rings (SSSR count). The van der Waals surface area contributed by atoms with Crippen molar-refractivity contribution in [2.75, 3.05) is 6.54 Å². The number of likely N-dealkylation sites (tertiary alicyclic amines) is 1. The maximum atomic E-state index is 13.0. The molecule has 20 heavy (non-hydrogen) atoms. The maximum absolute atomic E-state index is 13.0. The SMILES string of the molecule is CC1(C)C(C(F)(F)F)CCN1C(=O)c1ccc(=O)[nH]c1. The highest BCUT2D eigenvalue weighted by Crippen LogP contribution is 2.45. The molecule has 1 N–H and O–H groups in total. The lowest BCUT2D eigenvalue weighted by molar-refractivity contribution is -0.189. The van der Waals surface area contributed by atoms with Gasteiger partial charge in [0.25, 0.3) is 5.91 Å². The number of nitrogens with zero attached hydrogens (tertiary/aromatic N) is 1. The van der Waals surface area contributed by atoms with Crippen LogP contribution in [0.15, 0.2) is 23.1 Å². The Hall–Kier alpha value is -1.79. The van der Waals surface area contributed by atoms with E-state index in [1.807, 2.05) is 0 Å². The summed E-state index contributed by atoms with van der Waals surface area (Å²) < 4.78 is 38.9. The van der Waals surface area contributed by atoms with Crippen molar-refractivity contribution >= 4 is 5.91 Å². The Morgan fingerprint density at radius 2 is 2.05 bits per heavy atom. The third kappa shape index (κ3) is 2.44. The first-order chi connectivity index (χ1) is 9.14. The number of aromatic nitrogens is 1. The molecule has 1 unspecified atom stereocenters. The average molecular weight is 288 g/mol. The predicted molar refractivity (Wildman–Crippen MR) is 66.3 cm³/mol. The molecule has 2 heterocycles. The van der Waals surface area contributed by atoms with Crippen molar-refractivity contribution in [2.45, 2.75) is 32.0 Å². The minimum Gasteiger partial charge on any atom is -0.333 e. The summed E-state index contributed by atoms with van der Waals surface area (Å²) in [6.07, 6.45) is -3.21. The lowest BCUT2D eigenvalue weighted by atomic mass is 9.87. The van der Waals surface area contributed by atoms with Gasteiger partial charge < -0.3 is 9.88 Å². The van der Waals surface area contributed by atoms with Crippen molar-refractivity contribution in [2.24, 2.45) is 5.92 Å². The number of amides is 1. The Morgan fingerprint density at radius 3 is 2.50 bits per heavy atom. The van der Waals surface area contributed by atoms with Crippen LogP contribution in [0.25, 0.3) is 0 Å². The van der Waals surface area contributed by atoms with E-state index in [1.165, 1.54) is 37.1 Å². The summed E-state index contributed by atoms with van der Waals surface area (Å²) in [6, 6.07) is 2.50. The molecular formula is C13H15F3N2O2. The van der Waals surface area contributed by atoms with Crippen LogP contribution in [0.4, 0.5) is 13.2 Å². The number of carbonyl (C=O) groups excluding carboxylic acids is 1. The summed E-state index contributed by atoms with van der Waals surface area (Å²) >= 11 is 0. The predicted octanol–water partition coefficient (Wildman–Crippen LogP) is 2.18. The van der Waals surface area contributed by atoms with E-state index in [9.17, 15) is 22.8 Å². The first-order valence-electron chi connectivity index (χ1n) is 6.21. The average Bonchev–Trinajstić information content (AvgIpc) is 2.64. The quantitative estimate of drug-likeness (QED) is 0.861. The molecule has 1 fully saturated rings. The highest BCUT2D eigenvalue weighted by molar-refractivity contribution is 5.94. The van der Waals surface area contributed by atoms with Crippen molar-refractivity contribution in [3.63, 3.8) is 0 Å². The van der Waals surface area contributed by atoms with E-state index in [-0.39, 0.29) is 24.1 Å². The molecule has 0 aliphatic carbocycles. The Morgan fingerprint density at radius 1 is 1.40 bits per heavy atom. The smallest absolute Gasteiger partial charge is 0.333 e. The summed E-state index contributed by atoms with van der Waals surface area (Å²) in [5.41, 5.74) is -1.48. The number of rotatable bonds is 1. The molecular weight excluding hydrogens is 273 g/mol. The zero-order valence-corrected chi connectivity index (χ0v) is 11.1. The number of halogens is 3. The fraction of sp³-hybridized carbons (Fsp3) is 0.538. The highest BCUT2D eigenvalue weighted by atomic mass is 19.4. The van der Waals surface area contributed by atoms with Crippen LogP contribution in [0.1, 0.15) is 30.6 Å². The number of carbonyl (C=O) groups is 1. The van der Waals surface area contributed by atoms with Gasteiger partial charge in [0.05, 0.1) is 11.5 Å². The van der Waals surface area contributed by atoms with Crippen LogP contribution in [0.2, 0.25) is 0 Å². The molecule has 110 valence electrons. The second-order valence-corrected chi connectivity index (χ2v) is 5.43. The van der Waals surface area contributed by atoms with Crippen molar-refractivity contribution in [3.05, 3.63) is 34.2 Å². The van der Waals surface area contributed by atoms with Gasteiger partial charge in [0.1, 0.15) is 0 Å². The van der Waals surface area contributed by atoms with Crippen LogP contribution in [-0.2, 0) is 0 Å². The van der Waals surface area contributed by atoms with Gasteiger partial charge in [-0.3, -0.25) is 9.59 Å². The van der Waals surface area contributed by atoms with Gasteiger partial charge in [-0.1, -0.05) is 0 Å². The molecule has 0 aromatic carbocycles. The molecule has 1 aromatic rings. The van der Waals surface area contributed by atoms with E-state index >= 15 is 0 Å².